The van der Waals surface area contributed by atoms with Gasteiger partial charge in [-0.3, -0.25) is 48.6 Å². The molecule has 11 fully saturated rings. The third-order valence-electron chi connectivity index (χ3n) is 30.7. The Labute approximate surface area is 861 Å². The molecule has 0 bridgehead atoms. The van der Waals surface area contributed by atoms with E-state index in [-0.39, 0.29) is 43.2 Å². The van der Waals surface area contributed by atoms with E-state index in [1.54, 1.807) is 9.80 Å². The number of urea groups is 5. The average molecular weight is 1970 g/mol. The molecule has 28 nitrogen and oxygen atoms in total. The van der Waals surface area contributed by atoms with Crippen LogP contribution in [0.1, 0.15) is 230 Å². The minimum Gasteiger partial charge on any atom is -0.372 e. The lowest BCUT2D eigenvalue weighted by atomic mass is 9.71. The number of benzene rings is 5. The second kappa shape index (κ2) is 50.5. The molecule has 13 heterocycles. The Balaban J connectivity index is 0.000000151. The van der Waals surface area contributed by atoms with Crippen molar-refractivity contribution in [1.82, 2.24) is 86.0 Å². The topological polar surface area (TPSA) is 252 Å². The van der Waals surface area contributed by atoms with Crippen LogP contribution in [0.3, 0.4) is 0 Å². The van der Waals surface area contributed by atoms with Gasteiger partial charge in [0.1, 0.15) is 11.4 Å². The zero-order valence-electron chi connectivity index (χ0n) is 89.2. The number of anilines is 5. The quantitative estimate of drug-likeness (QED) is 0.0357. The van der Waals surface area contributed by atoms with E-state index in [4.69, 9.17) is 4.74 Å². The Hall–Kier alpha value is -10.9. The molecule has 0 radical (unpaired) electrons. The van der Waals surface area contributed by atoms with Crippen LogP contribution in [0.5, 0.6) is 0 Å². The van der Waals surface area contributed by atoms with E-state index in [0.717, 1.165) is 248 Å². The molecule has 144 heavy (non-hydrogen) atoms. The zero-order chi connectivity index (χ0) is 102. The number of carbonyl (C=O) groups excluding carboxylic acids is 5. The van der Waals surface area contributed by atoms with Gasteiger partial charge in [-0.25, -0.2) is 24.0 Å². The maximum Gasteiger partial charge on any atom is 0.326 e. The molecule has 5 N–H and O–H groups in total. The van der Waals surface area contributed by atoms with Gasteiger partial charge in [0.15, 0.2) is 0 Å². The molecule has 10 amide bonds. The van der Waals surface area contributed by atoms with Gasteiger partial charge in [-0.05, 0) is 279 Å². The maximum atomic E-state index is 12.5. The van der Waals surface area contributed by atoms with Gasteiger partial charge in [0, 0.05) is 218 Å². The van der Waals surface area contributed by atoms with Crippen molar-refractivity contribution in [3.63, 3.8) is 0 Å². The number of piperidine rings is 5. The minimum atomic E-state index is -0.128. The van der Waals surface area contributed by atoms with E-state index in [1.165, 1.54) is 140 Å². The number of rotatable bonds is 25. The second-order valence-electron chi connectivity index (χ2n) is 45.1. The molecular formula is C116H172N22O6. The average Bonchev–Trinajstić information content (AvgIpc) is 0.960. The highest BCUT2D eigenvalue weighted by Crippen LogP contribution is 2.45. The normalized spacial score (nSPS) is 20.0. The van der Waals surface area contributed by atoms with Crippen LogP contribution in [0, 0.1) is 75.0 Å². The van der Waals surface area contributed by atoms with Gasteiger partial charge in [0.2, 0.25) is 0 Å². The predicted molar refractivity (Wildman–Crippen MR) is 587 cm³/mol. The summed E-state index contributed by atoms with van der Waals surface area (Å²) in [4.78, 5) is 86.6. The summed E-state index contributed by atoms with van der Waals surface area (Å²) in [6, 6.07) is 31.4. The Morgan fingerprint density at radius 1 is 0.333 bits per heavy atom. The maximum absolute atomic E-state index is 12.5. The summed E-state index contributed by atoms with van der Waals surface area (Å²) in [5, 5.41) is 31.2. The van der Waals surface area contributed by atoms with Gasteiger partial charge in [0.05, 0.1) is 24.6 Å². The van der Waals surface area contributed by atoms with Crippen LogP contribution >= 0.6 is 0 Å². The van der Waals surface area contributed by atoms with Crippen molar-refractivity contribution in [3.05, 3.63) is 209 Å². The first-order valence-electron chi connectivity index (χ1n) is 53.5. The molecule has 5 aromatic carbocycles. The van der Waals surface area contributed by atoms with E-state index in [1.807, 2.05) is 80.6 Å². The molecule has 18 rings (SSSR count). The Morgan fingerprint density at radius 2 is 0.667 bits per heavy atom. The van der Waals surface area contributed by atoms with E-state index in [2.05, 4.69) is 260 Å². The van der Waals surface area contributed by atoms with Gasteiger partial charge in [-0.2, -0.15) is 0 Å². The molecule has 0 aliphatic carbocycles. The lowest BCUT2D eigenvalue weighted by Gasteiger charge is -2.48. The second-order valence-corrected chi connectivity index (χ2v) is 45.1. The smallest absolute Gasteiger partial charge is 0.326 e. The number of aryl methyl sites for hydroxylation is 7. The van der Waals surface area contributed by atoms with Gasteiger partial charge >= 0.3 is 30.2 Å². The van der Waals surface area contributed by atoms with Crippen LogP contribution in [0.2, 0.25) is 0 Å². The summed E-state index contributed by atoms with van der Waals surface area (Å²) in [5.41, 5.74) is 23.1. The van der Waals surface area contributed by atoms with Gasteiger partial charge in [0.25, 0.3) is 0 Å². The number of nitrogens with one attached hydrogen (secondary N) is 5. The van der Waals surface area contributed by atoms with Crippen LogP contribution < -0.4 is 51.1 Å². The number of morpholine rings is 1. The number of hydrogen-bond acceptors (Lipinski definition) is 16. The van der Waals surface area contributed by atoms with Crippen molar-refractivity contribution < 1.29 is 28.7 Å². The summed E-state index contributed by atoms with van der Waals surface area (Å²) >= 11 is 0. The van der Waals surface area contributed by atoms with Gasteiger partial charge < -0.3 is 46.0 Å². The molecule has 0 unspecified atom stereocenters. The van der Waals surface area contributed by atoms with E-state index >= 15 is 0 Å². The first-order chi connectivity index (χ1) is 68.4. The fourth-order valence-corrected chi connectivity index (χ4v) is 22.3. The summed E-state index contributed by atoms with van der Waals surface area (Å²) in [6.07, 6.45) is 23.0. The highest BCUT2D eigenvalue weighted by Gasteiger charge is 2.43. The number of amides is 10. The first-order valence-corrected chi connectivity index (χ1v) is 53.5. The van der Waals surface area contributed by atoms with Crippen molar-refractivity contribution >= 4 is 58.6 Å². The molecule has 11 aliphatic rings. The Kier molecular flexibility index (Phi) is 38.7. The van der Waals surface area contributed by atoms with Crippen molar-refractivity contribution in [3.8, 4) is 22.5 Å². The van der Waals surface area contributed by atoms with Crippen LogP contribution in [-0.4, -0.2) is 233 Å². The molecule has 28 heteroatoms. The van der Waals surface area contributed by atoms with Crippen molar-refractivity contribution in [2.24, 2.45) is 40.4 Å². The molecule has 782 valence electrons. The Morgan fingerprint density at radius 3 is 1.06 bits per heavy atom. The molecular weight excluding hydrogens is 1800 g/mol. The van der Waals surface area contributed by atoms with Crippen molar-refractivity contribution in [2.75, 3.05) is 162 Å². The van der Waals surface area contributed by atoms with Crippen LogP contribution in [0.15, 0.2) is 165 Å². The van der Waals surface area contributed by atoms with Crippen molar-refractivity contribution in [2.45, 2.75) is 259 Å². The number of nitrogens with zero attached hydrogens (tertiary/aromatic N) is 17. The minimum absolute atomic E-state index is 0. The molecule has 11 saturated heterocycles. The summed E-state index contributed by atoms with van der Waals surface area (Å²) in [6.45, 7) is 79.0. The lowest BCUT2D eigenvalue weighted by Crippen LogP contribution is -2.56. The number of aromatic nitrogens is 6. The third-order valence-corrected chi connectivity index (χ3v) is 30.7. The Bertz CT molecular complexity index is 5580. The molecule has 3 spiro atoms. The largest absolute Gasteiger partial charge is 0.372 e. The third kappa shape index (κ3) is 30.2. The fourth-order valence-electron chi connectivity index (χ4n) is 22.3. The zero-order valence-corrected chi connectivity index (χ0v) is 89.2. The standard InChI is InChI=1S/2C26H40N4O.C25H38N4O2.2C19H25N5O.CH4/c1-20(2)17-28-14-10-26(11-15-28)9-5-12-29(19-26)18-23-7-6-21(3)24(16-23)30-13-8-22(4)27-25(30)31;1-20(2)18-28-13-8-26(9-14-28)10-15-29(16-11-26)19-23-6-5-21(3)24(17-23)30-12-7-22(4)27-25(30)31;1-19(2)16-27-11-8-25(9-12-27)18-28(13-14-31-25)17-22-5-6-23(20(3)15-22)29-10-7-21(4)26-24(29)30;1-13(2)7-9-23-12-17(21-22-23)16-5-6-18(14(3)11-16)24-10-8-15(4)20-19(24)25;1-13(2)7-9-23-12-17(21-22-23)16-6-5-14(3)18(11-16)24-10-8-15(4)20-19(24)25;/h6-7,16,20H,4-5,8-15,17-19H2,1-3H3,(H,27,31);5-6,17,20H,4,7-16,18-19H2,1-3H3,(H,27,31);5-6,15,19H,4,7-14,16-18H2,1-3H3,(H,26,30);2*5-6,11-13H,4,7-10H2,1-3H3,(H,20,25);1H4. The molecule has 11 aliphatic heterocycles. The van der Waals surface area contributed by atoms with Gasteiger partial charge in [-0.1, -0.05) is 175 Å². The highest BCUT2D eigenvalue weighted by atomic mass is 16.5. The monoisotopic (exact) mass is 1970 g/mol. The van der Waals surface area contributed by atoms with Crippen LogP contribution in [-0.2, 0) is 37.5 Å². The van der Waals surface area contributed by atoms with E-state index in [9.17, 15) is 24.0 Å². The molecule has 0 atom stereocenters. The van der Waals surface area contributed by atoms with Crippen LogP contribution in [0.25, 0.3) is 22.5 Å². The number of carbonyl (C=O) groups is 5. The molecule has 7 aromatic rings. The van der Waals surface area contributed by atoms with Crippen LogP contribution in [0.4, 0.5) is 52.4 Å². The van der Waals surface area contributed by atoms with E-state index in [0.29, 0.717) is 55.4 Å². The fraction of sp³-hybridized carbons (Fsp3) is 0.578. The SMILES string of the molecule is C.C=C1CCN(c2cc(-c3cn(CCC(C)C)nn3)ccc2C)C(=O)N1.C=C1CCN(c2cc(CN3CCC4(CC3)CCN(CC(C)C)CC4)ccc2C)C(=O)N1.C=C1CCN(c2cc(CN3CCCC4(CCN(CC(C)C)CC4)C3)ccc2C)C(=O)N1.C=C1CCN(c2ccc(-c3cn(CCC(C)C)nn3)cc2C)C(=O)N1.C=C1CCN(c2ccc(CN3CCOC4(CCN(CC(C)C)CC4)C3)cc2C)C(=O)N1. The van der Waals surface area contributed by atoms with Crippen molar-refractivity contribution in [1.29, 1.82) is 0 Å². The van der Waals surface area contributed by atoms with Gasteiger partial charge in [-0.15, -0.1) is 10.2 Å². The van der Waals surface area contributed by atoms with E-state index < -0.39 is 0 Å². The highest BCUT2D eigenvalue weighted by molar-refractivity contribution is 5.98. The first kappa shape index (κ1) is 110. The predicted octanol–water partition coefficient (Wildman–Crippen LogP) is 21.4. The lowest BCUT2D eigenvalue weighted by molar-refractivity contribution is -0.138. The number of ether oxygens (including phenoxy) is 1. The summed E-state index contributed by atoms with van der Waals surface area (Å²) in [7, 11) is 0. The summed E-state index contributed by atoms with van der Waals surface area (Å²) < 4.78 is 10.1. The number of likely N-dealkylation sites (tertiary alicyclic amines) is 5. The number of hydrogen-bond donors (Lipinski definition) is 5. The molecule has 2 aromatic heterocycles. The summed E-state index contributed by atoms with van der Waals surface area (Å²) in [5.74, 6) is 3.52. The molecule has 0 saturated carbocycles.